The molecule has 5 rings (SSSR count). The molecule has 2 atom stereocenters. The van der Waals surface area contributed by atoms with Crippen LogP contribution in [0.5, 0.6) is 0 Å². The van der Waals surface area contributed by atoms with Crippen LogP contribution in [0.15, 0.2) is 30.5 Å². The van der Waals surface area contributed by atoms with Crippen molar-refractivity contribution in [3.05, 3.63) is 53.2 Å². The molecule has 24 heavy (non-hydrogen) atoms. The number of nitrogens with zero attached hydrogens (tertiary/aromatic N) is 2. The van der Waals surface area contributed by atoms with E-state index >= 15 is 0 Å². The van der Waals surface area contributed by atoms with E-state index in [0.29, 0.717) is 5.92 Å². The summed E-state index contributed by atoms with van der Waals surface area (Å²) in [4.78, 5) is 26.5. The van der Waals surface area contributed by atoms with Crippen molar-refractivity contribution >= 4 is 16.8 Å². The molecule has 3 heterocycles. The minimum Gasteiger partial charge on any atom is -0.360 e. The van der Waals surface area contributed by atoms with Gasteiger partial charge in [-0.25, -0.2) is 4.98 Å². The molecule has 1 fully saturated rings. The van der Waals surface area contributed by atoms with Gasteiger partial charge in [-0.15, -0.1) is 0 Å². The number of aromatic amines is 2. The Kier molecular flexibility index (Phi) is 2.86. The van der Waals surface area contributed by atoms with Gasteiger partial charge in [0.15, 0.2) is 0 Å². The molecule has 2 N–H and O–H groups in total. The molecule has 1 amide bonds. The van der Waals surface area contributed by atoms with E-state index in [4.69, 9.17) is 0 Å². The zero-order valence-corrected chi connectivity index (χ0v) is 13.7. The maximum absolute atomic E-state index is 13.2. The first-order valence-electron chi connectivity index (χ1n) is 8.63. The standard InChI is InChI=1S/C19H20N4O/c1-11-21-17-9-13-8-12(18(17)22-11)6-7-23(13)19(24)15-10-20-16-5-3-2-4-14(15)16/h2-5,10,12-13,20H,6-9H2,1H3,(H,21,22). The molecular weight excluding hydrogens is 300 g/mol. The van der Waals surface area contributed by atoms with Crippen molar-refractivity contribution in [2.75, 3.05) is 6.54 Å². The Morgan fingerprint density at radius 2 is 2.21 bits per heavy atom. The monoisotopic (exact) mass is 320 g/mol. The number of H-pyrrole nitrogens is 2. The van der Waals surface area contributed by atoms with Crippen LogP contribution in [0.2, 0.25) is 0 Å². The molecule has 0 spiro atoms. The van der Waals surface area contributed by atoms with E-state index in [1.165, 1.54) is 11.4 Å². The minimum absolute atomic E-state index is 0.149. The number of carbonyl (C=O) groups is 1. The van der Waals surface area contributed by atoms with Gasteiger partial charge in [-0.1, -0.05) is 18.2 Å². The van der Waals surface area contributed by atoms with Gasteiger partial charge in [0.05, 0.1) is 11.3 Å². The zero-order valence-electron chi connectivity index (χ0n) is 13.7. The Hall–Kier alpha value is -2.56. The lowest BCUT2D eigenvalue weighted by Crippen LogP contribution is -2.48. The predicted molar refractivity (Wildman–Crippen MR) is 92.1 cm³/mol. The number of aromatic nitrogens is 3. The zero-order chi connectivity index (χ0) is 16.3. The van der Waals surface area contributed by atoms with Gasteiger partial charge in [0.1, 0.15) is 5.82 Å². The summed E-state index contributed by atoms with van der Waals surface area (Å²) in [6.45, 7) is 2.83. The highest BCUT2D eigenvalue weighted by Crippen LogP contribution is 2.39. The largest absolute Gasteiger partial charge is 0.360 e. The summed E-state index contributed by atoms with van der Waals surface area (Å²) >= 11 is 0. The van der Waals surface area contributed by atoms with E-state index in [9.17, 15) is 4.79 Å². The van der Waals surface area contributed by atoms with Crippen molar-refractivity contribution in [2.24, 2.45) is 0 Å². The van der Waals surface area contributed by atoms with Crippen LogP contribution in [0.25, 0.3) is 10.9 Å². The van der Waals surface area contributed by atoms with E-state index < -0.39 is 0 Å². The van der Waals surface area contributed by atoms with Crippen LogP contribution in [0.3, 0.4) is 0 Å². The van der Waals surface area contributed by atoms with Crippen LogP contribution < -0.4 is 0 Å². The third-order valence-corrected chi connectivity index (χ3v) is 5.55. The van der Waals surface area contributed by atoms with Gasteiger partial charge in [-0.05, 0) is 25.8 Å². The molecule has 5 nitrogen and oxygen atoms in total. The Bertz CT molecular complexity index is 938. The first-order valence-corrected chi connectivity index (χ1v) is 8.63. The second-order valence-electron chi connectivity index (χ2n) is 7.01. The van der Waals surface area contributed by atoms with Crippen LogP contribution in [-0.2, 0) is 6.42 Å². The maximum atomic E-state index is 13.2. The molecule has 122 valence electrons. The number of rotatable bonds is 1. The molecule has 1 aromatic carbocycles. The van der Waals surface area contributed by atoms with Crippen LogP contribution in [0.4, 0.5) is 0 Å². The number of fused-ring (bicyclic) bond motifs is 5. The molecule has 2 bridgehead atoms. The quantitative estimate of drug-likeness (QED) is 0.723. The molecular formula is C19H20N4O. The summed E-state index contributed by atoms with van der Waals surface area (Å²) in [6.07, 6.45) is 4.78. The van der Waals surface area contributed by atoms with Gasteiger partial charge in [0, 0.05) is 47.7 Å². The first kappa shape index (κ1) is 13.8. The third kappa shape index (κ3) is 1.94. The van der Waals surface area contributed by atoms with Crippen molar-refractivity contribution in [3.8, 4) is 0 Å². The van der Waals surface area contributed by atoms with E-state index in [1.54, 1.807) is 0 Å². The molecule has 2 unspecified atom stereocenters. The van der Waals surface area contributed by atoms with E-state index in [2.05, 4.69) is 19.9 Å². The van der Waals surface area contributed by atoms with Crippen LogP contribution >= 0.6 is 0 Å². The lowest BCUT2D eigenvalue weighted by Gasteiger charge is -2.42. The summed E-state index contributed by atoms with van der Waals surface area (Å²) in [5.74, 6) is 1.63. The van der Waals surface area contributed by atoms with Gasteiger partial charge < -0.3 is 14.9 Å². The average Bonchev–Trinajstić information content (AvgIpc) is 3.17. The number of carbonyl (C=O) groups excluding carboxylic acids is 1. The van der Waals surface area contributed by atoms with Crippen molar-refractivity contribution in [1.82, 2.24) is 19.9 Å². The number of benzene rings is 1. The number of likely N-dealkylation sites (tertiary alicyclic amines) is 1. The lowest BCUT2D eigenvalue weighted by molar-refractivity contribution is 0.0573. The van der Waals surface area contributed by atoms with Crippen molar-refractivity contribution in [3.63, 3.8) is 0 Å². The van der Waals surface area contributed by atoms with E-state index in [0.717, 1.165) is 48.1 Å². The Balaban J connectivity index is 1.49. The van der Waals surface area contributed by atoms with Gasteiger partial charge in [0.2, 0.25) is 0 Å². The van der Waals surface area contributed by atoms with Gasteiger partial charge in [-0.3, -0.25) is 4.79 Å². The Morgan fingerprint density at radius 3 is 3.12 bits per heavy atom. The summed E-state index contributed by atoms with van der Waals surface area (Å²) < 4.78 is 0. The number of imidazole rings is 1. The Morgan fingerprint density at radius 1 is 1.33 bits per heavy atom. The first-order chi connectivity index (χ1) is 11.7. The highest BCUT2D eigenvalue weighted by atomic mass is 16.2. The summed E-state index contributed by atoms with van der Waals surface area (Å²) in [7, 11) is 0. The number of hydrogen-bond acceptors (Lipinski definition) is 2. The second-order valence-corrected chi connectivity index (χ2v) is 7.01. The average molecular weight is 320 g/mol. The molecule has 1 saturated heterocycles. The molecule has 5 heteroatoms. The Labute approximate surface area is 140 Å². The number of amides is 1. The second kappa shape index (κ2) is 4.97. The molecule has 2 aliphatic rings. The van der Waals surface area contributed by atoms with Gasteiger partial charge >= 0.3 is 0 Å². The normalized spacial score (nSPS) is 22.6. The molecule has 1 aliphatic carbocycles. The van der Waals surface area contributed by atoms with Gasteiger partial charge in [0.25, 0.3) is 5.91 Å². The highest BCUT2D eigenvalue weighted by molar-refractivity contribution is 6.06. The smallest absolute Gasteiger partial charge is 0.256 e. The number of hydrogen-bond donors (Lipinski definition) is 2. The summed E-state index contributed by atoms with van der Waals surface area (Å²) in [6, 6.07) is 8.28. The van der Waals surface area contributed by atoms with E-state index in [1.807, 2.05) is 37.4 Å². The highest BCUT2D eigenvalue weighted by Gasteiger charge is 2.39. The summed E-state index contributed by atoms with van der Waals surface area (Å²) in [5, 5.41) is 1.01. The SMILES string of the molecule is Cc1nc2c([nH]1)CC1CC2CCN1C(=O)c1c[nH]c2ccccc12. The summed E-state index contributed by atoms with van der Waals surface area (Å²) in [5.41, 5.74) is 4.27. The van der Waals surface area contributed by atoms with Crippen LogP contribution in [0.1, 0.15) is 46.3 Å². The number of piperidine rings is 1. The van der Waals surface area contributed by atoms with Crippen LogP contribution in [-0.4, -0.2) is 38.3 Å². The fraction of sp³-hybridized carbons (Fsp3) is 0.368. The minimum atomic E-state index is 0.149. The molecule has 0 saturated carbocycles. The number of aryl methyl sites for hydroxylation is 1. The van der Waals surface area contributed by atoms with E-state index in [-0.39, 0.29) is 11.9 Å². The topological polar surface area (TPSA) is 64.8 Å². The van der Waals surface area contributed by atoms with Crippen LogP contribution in [0, 0.1) is 6.92 Å². The number of para-hydroxylation sites is 1. The van der Waals surface area contributed by atoms with Crippen molar-refractivity contribution < 1.29 is 4.79 Å². The molecule has 0 radical (unpaired) electrons. The fourth-order valence-corrected chi connectivity index (χ4v) is 4.45. The van der Waals surface area contributed by atoms with Gasteiger partial charge in [-0.2, -0.15) is 0 Å². The third-order valence-electron chi connectivity index (χ3n) is 5.55. The van der Waals surface area contributed by atoms with Crippen molar-refractivity contribution in [1.29, 1.82) is 0 Å². The molecule has 1 aliphatic heterocycles. The van der Waals surface area contributed by atoms with Crippen molar-refractivity contribution in [2.45, 2.75) is 38.1 Å². The fourth-order valence-electron chi connectivity index (χ4n) is 4.45. The number of nitrogens with one attached hydrogen (secondary N) is 2. The molecule has 2 aromatic heterocycles. The lowest BCUT2D eigenvalue weighted by atomic mass is 9.80. The molecule has 3 aromatic rings. The predicted octanol–water partition coefficient (Wildman–Crippen LogP) is 3.14. The maximum Gasteiger partial charge on any atom is 0.256 e.